The van der Waals surface area contributed by atoms with Gasteiger partial charge in [-0.15, -0.1) is 0 Å². The first-order valence-electron chi connectivity index (χ1n) is 6.58. The molecule has 1 heterocycles. The number of rotatable bonds is 2. The summed E-state index contributed by atoms with van der Waals surface area (Å²) in [5.41, 5.74) is 1.11. The molecule has 2 rings (SSSR count). The second kappa shape index (κ2) is 7.92. The molecule has 4 nitrogen and oxygen atoms in total. The maximum Gasteiger partial charge on any atom is 0.300 e. The number of carboxylic acid groups (broad SMARTS) is 1. The van der Waals surface area contributed by atoms with Crippen LogP contribution < -0.4 is 0 Å². The van der Waals surface area contributed by atoms with Crippen LogP contribution in [0.1, 0.15) is 45.5 Å². The summed E-state index contributed by atoms with van der Waals surface area (Å²) >= 11 is 0. The average Bonchev–Trinajstić information content (AvgIpc) is 2.38. The van der Waals surface area contributed by atoms with Crippen molar-refractivity contribution in [2.24, 2.45) is 0 Å². The standard InChI is InChI=1S/C13H18O2.C2H4O2/c1-3-12-9-10(2)14-13(15-12)11-7-5-4-6-8-11;1-2(3)4/h4-8,10,12-13H,3,9H2,1-2H3;1H3,(H,3,4). The van der Waals surface area contributed by atoms with Crippen molar-refractivity contribution in [2.45, 2.75) is 52.1 Å². The largest absolute Gasteiger partial charge is 0.481 e. The SMILES string of the molecule is CC(=O)O.CCC1CC(C)OC(c2ccccc2)O1. The molecule has 0 saturated carbocycles. The van der Waals surface area contributed by atoms with Gasteiger partial charge >= 0.3 is 0 Å². The second-order valence-electron chi connectivity index (χ2n) is 4.61. The fourth-order valence-electron chi connectivity index (χ4n) is 1.93. The van der Waals surface area contributed by atoms with E-state index < -0.39 is 5.97 Å². The highest BCUT2D eigenvalue weighted by Crippen LogP contribution is 2.30. The smallest absolute Gasteiger partial charge is 0.300 e. The molecule has 1 saturated heterocycles. The average molecular weight is 266 g/mol. The van der Waals surface area contributed by atoms with Gasteiger partial charge in [-0.2, -0.15) is 0 Å². The Morgan fingerprint density at radius 3 is 2.42 bits per heavy atom. The summed E-state index contributed by atoms with van der Waals surface area (Å²) < 4.78 is 11.7. The van der Waals surface area contributed by atoms with Gasteiger partial charge in [-0.25, -0.2) is 0 Å². The minimum atomic E-state index is -0.833. The molecule has 1 fully saturated rings. The normalized spacial score (nSPS) is 26.2. The molecule has 1 aliphatic rings. The molecule has 1 aliphatic heterocycles. The van der Waals surface area contributed by atoms with E-state index in [0.29, 0.717) is 6.10 Å². The van der Waals surface area contributed by atoms with Gasteiger partial charge in [0, 0.05) is 12.5 Å². The Hall–Kier alpha value is -1.39. The molecule has 0 amide bonds. The lowest BCUT2D eigenvalue weighted by Crippen LogP contribution is -2.31. The van der Waals surface area contributed by atoms with Crippen molar-refractivity contribution in [3.8, 4) is 0 Å². The van der Waals surface area contributed by atoms with Gasteiger partial charge in [0.15, 0.2) is 6.29 Å². The maximum absolute atomic E-state index is 9.00. The molecule has 3 unspecified atom stereocenters. The minimum absolute atomic E-state index is 0.181. The Bertz CT molecular complexity index is 373. The first kappa shape index (κ1) is 15.7. The van der Waals surface area contributed by atoms with E-state index in [4.69, 9.17) is 19.4 Å². The van der Waals surface area contributed by atoms with E-state index >= 15 is 0 Å². The zero-order valence-electron chi connectivity index (χ0n) is 11.7. The summed E-state index contributed by atoms with van der Waals surface area (Å²) in [6.45, 7) is 5.35. The number of hydrogen-bond donors (Lipinski definition) is 1. The third kappa shape index (κ3) is 5.85. The summed E-state index contributed by atoms with van der Waals surface area (Å²) in [5, 5.41) is 7.42. The van der Waals surface area contributed by atoms with Crippen LogP contribution in [0.3, 0.4) is 0 Å². The van der Waals surface area contributed by atoms with Crippen molar-refractivity contribution in [3.05, 3.63) is 35.9 Å². The van der Waals surface area contributed by atoms with Crippen LogP contribution in [0, 0.1) is 0 Å². The summed E-state index contributed by atoms with van der Waals surface area (Å²) in [5.74, 6) is -0.833. The van der Waals surface area contributed by atoms with Gasteiger partial charge < -0.3 is 14.6 Å². The molecule has 3 atom stereocenters. The number of benzene rings is 1. The van der Waals surface area contributed by atoms with Crippen LogP contribution in [-0.4, -0.2) is 23.3 Å². The molecule has 0 bridgehead atoms. The van der Waals surface area contributed by atoms with Crippen molar-refractivity contribution in [3.63, 3.8) is 0 Å². The van der Waals surface area contributed by atoms with Gasteiger partial charge in [-0.3, -0.25) is 4.79 Å². The van der Waals surface area contributed by atoms with E-state index in [-0.39, 0.29) is 12.4 Å². The highest BCUT2D eigenvalue weighted by molar-refractivity contribution is 5.62. The quantitative estimate of drug-likeness (QED) is 0.891. The topological polar surface area (TPSA) is 55.8 Å². The van der Waals surface area contributed by atoms with Crippen LogP contribution in [0.2, 0.25) is 0 Å². The van der Waals surface area contributed by atoms with Crippen LogP contribution in [0.15, 0.2) is 30.3 Å². The Morgan fingerprint density at radius 1 is 1.32 bits per heavy atom. The molecule has 106 valence electrons. The first-order chi connectivity index (χ1) is 9.02. The molecule has 0 aromatic heterocycles. The number of carbonyl (C=O) groups is 1. The summed E-state index contributed by atoms with van der Waals surface area (Å²) in [6, 6.07) is 10.1. The number of ether oxygens (including phenoxy) is 2. The molecule has 0 aliphatic carbocycles. The lowest BCUT2D eigenvalue weighted by Gasteiger charge is -2.34. The molecule has 1 aromatic rings. The molecule has 19 heavy (non-hydrogen) atoms. The van der Waals surface area contributed by atoms with Gasteiger partial charge in [0.2, 0.25) is 0 Å². The van der Waals surface area contributed by atoms with E-state index in [2.05, 4.69) is 26.0 Å². The van der Waals surface area contributed by atoms with Crippen LogP contribution in [0.25, 0.3) is 0 Å². The van der Waals surface area contributed by atoms with Gasteiger partial charge in [-0.05, 0) is 19.8 Å². The van der Waals surface area contributed by atoms with Crippen molar-refractivity contribution >= 4 is 5.97 Å². The third-order valence-corrected chi connectivity index (χ3v) is 2.79. The van der Waals surface area contributed by atoms with Gasteiger partial charge in [0.25, 0.3) is 5.97 Å². The monoisotopic (exact) mass is 266 g/mol. The van der Waals surface area contributed by atoms with Crippen LogP contribution in [0.4, 0.5) is 0 Å². The van der Waals surface area contributed by atoms with E-state index in [0.717, 1.165) is 25.3 Å². The fraction of sp³-hybridized carbons (Fsp3) is 0.533. The zero-order chi connectivity index (χ0) is 14.3. The first-order valence-corrected chi connectivity index (χ1v) is 6.58. The van der Waals surface area contributed by atoms with Crippen LogP contribution >= 0.6 is 0 Å². The predicted octanol–water partition coefficient (Wildman–Crippen LogP) is 3.38. The highest BCUT2D eigenvalue weighted by Gasteiger charge is 2.27. The molecular weight excluding hydrogens is 244 g/mol. The van der Waals surface area contributed by atoms with E-state index in [1.807, 2.05) is 18.2 Å². The number of hydrogen-bond acceptors (Lipinski definition) is 3. The van der Waals surface area contributed by atoms with Gasteiger partial charge in [-0.1, -0.05) is 37.3 Å². The van der Waals surface area contributed by atoms with Crippen molar-refractivity contribution in [1.82, 2.24) is 0 Å². The van der Waals surface area contributed by atoms with E-state index in [9.17, 15) is 0 Å². The number of aliphatic carboxylic acids is 1. The summed E-state index contributed by atoms with van der Waals surface area (Å²) in [7, 11) is 0. The summed E-state index contributed by atoms with van der Waals surface area (Å²) in [4.78, 5) is 9.00. The Balaban J connectivity index is 0.000000399. The number of carboxylic acids is 1. The third-order valence-electron chi connectivity index (χ3n) is 2.79. The van der Waals surface area contributed by atoms with Crippen LogP contribution in [0.5, 0.6) is 0 Å². The minimum Gasteiger partial charge on any atom is -0.481 e. The highest BCUT2D eigenvalue weighted by atomic mass is 16.7. The fourth-order valence-corrected chi connectivity index (χ4v) is 1.93. The Labute approximate surface area is 114 Å². The van der Waals surface area contributed by atoms with E-state index in [1.165, 1.54) is 0 Å². The molecular formula is C15H22O4. The van der Waals surface area contributed by atoms with Gasteiger partial charge in [0.05, 0.1) is 12.2 Å². The summed E-state index contributed by atoms with van der Waals surface area (Å²) in [6.07, 6.45) is 2.49. The Kier molecular flexibility index (Phi) is 6.53. The van der Waals surface area contributed by atoms with Crippen LogP contribution in [-0.2, 0) is 14.3 Å². The van der Waals surface area contributed by atoms with Gasteiger partial charge in [0.1, 0.15) is 0 Å². The lowest BCUT2D eigenvalue weighted by molar-refractivity contribution is -0.243. The predicted molar refractivity (Wildman–Crippen MR) is 72.8 cm³/mol. The second-order valence-corrected chi connectivity index (χ2v) is 4.61. The van der Waals surface area contributed by atoms with Crippen molar-refractivity contribution < 1.29 is 19.4 Å². The molecule has 1 N–H and O–H groups in total. The zero-order valence-corrected chi connectivity index (χ0v) is 11.7. The maximum atomic E-state index is 9.00. The molecule has 4 heteroatoms. The molecule has 1 aromatic carbocycles. The van der Waals surface area contributed by atoms with Crippen molar-refractivity contribution in [2.75, 3.05) is 0 Å². The molecule has 0 radical (unpaired) electrons. The Morgan fingerprint density at radius 2 is 1.89 bits per heavy atom. The lowest BCUT2D eigenvalue weighted by atomic mass is 10.1. The van der Waals surface area contributed by atoms with E-state index in [1.54, 1.807) is 0 Å². The molecule has 0 spiro atoms. The van der Waals surface area contributed by atoms with Crippen molar-refractivity contribution in [1.29, 1.82) is 0 Å².